The smallest absolute Gasteiger partial charge is 0.379 e. The van der Waals surface area contributed by atoms with E-state index in [0.717, 1.165) is 18.7 Å². The number of alkyl halides is 3. The van der Waals surface area contributed by atoms with Gasteiger partial charge in [0.15, 0.2) is 0 Å². The first-order chi connectivity index (χ1) is 20.5. The summed E-state index contributed by atoms with van der Waals surface area (Å²) >= 11 is 0. The average molecular weight is 623 g/mol. The summed E-state index contributed by atoms with van der Waals surface area (Å²) in [6, 6.07) is 10.0. The summed E-state index contributed by atoms with van der Waals surface area (Å²) in [6.45, 7) is 1.69. The highest BCUT2D eigenvalue weighted by Crippen LogP contribution is 2.51. The van der Waals surface area contributed by atoms with Gasteiger partial charge in [-0.1, -0.05) is 30.3 Å². The first-order valence-corrected chi connectivity index (χ1v) is 16.3. The number of rotatable bonds is 7. The number of amides is 1. The van der Waals surface area contributed by atoms with Crippen molar-refractivity contribution in [2.45, 2.75) is 62.3 Å². The largest absolute Gasteiger partial charge is 0.417 e. The Morgan fingerprint density at radius 2 is 2.05 bits per heavy atom. The molecule has 6 rings (SSSR count). The molecule has 0 spiro atoms. The van der Waals surface area contributed by atoms with E-state index in [2.05, 4.69) is 10.3 Å². The number of benzene rings is 1. The molecule has 9 nitrogen and oxygen atoms in total. The molecule has 43 heavy (non-hydrogen) atoms. The fourth-order valence-electron chi connectivity index (χ4n) is 7.38. The van der Waals surface area contributed by atoms with Crippen molar-refractivity contribution in [1.29, 1.82) is 0 Å². The maximum atomic E-state index is 14.5. The minimum absolute atomic E-state index is 0.0140. The van der Waals surface area contributed by atoms with Crippen LogP contribution in [0.5, 0.6) is 0 Å². The highest BCUT2D eigenvalue weighted by atomic mass is 32.2. The van der Waals surface area contributed by atoms with Crippen molar-refractivity contribution in [3.63, 3.8) is 0 Å². The lowest BCUT2D eigenvalue weighted by Crippen LogP contribution is -2.52. The van der Waals surface area contributed by atoms with Crippen LogP contribution in [0.3, 0.4) is 0 Å². The second-order valence-corrected chi connectivity index (χ2v) is 14.2. The van der Waals surface area contributed by atoms with Gasteiger partial charge >= 0.3 is 6.18 Å². The molecule has 3 fully saturated rings. The summed E-state index contributed by atoms with van der Waals surface area (Å²) < 4.78 is 80.1. The number of aromatic nitrogens is 1. The zero-order valence-electron chi connectivity index (χ0n) is 24.1. The van der Waals surface area contributed by atoms with Gasteiger partial charge in [0.1, 0.15) is 0 Å². The summed E-state index contributed by atoms with van der Waals surface area (Å²) in [5, 5.41) is 3.68. The number of nitrogens with one attached hydrogen (secondary N) is 1. The molecule has 4 heterocycles. The van der Waals surface area contributed by atoms with Crippen molar-refractivity contribution in [3.8, 4) is 0 Å². The van der Waals surface area contributed by atoms with E-state index in [9.17, 15) is 26.4 Å². The van der Waals surface area contributed by atoms with Crippen LogP contribution in [0.25, 0.3) is 0 Å². The van der Waals surface area contributed by atoms with Gasteiger partial charge in [0.05, 0.1) is 29.4 Å². The van der Waals surface area contributed by atoms with E-state index >= 15 is 0 Å². The molecule has 2 saturated heterocycles. The monoisotopic (exact) mass is 622 g/mol. The molecular weight excluding hydrogens is 585 g/mol. The van der Waals surface area contributed by atoms with Crippen molar-refractivity contribution in [1.82, 2.24) is 19.5 Å². The fourth-order valence-corrected chi connectivity index (χ4v) is 9.01. The van der Waals surface area contributed by atoms with Crippen LogP contribution in [0.4, 0.5) is 13.2 Å². The second kappa shape index (κ2) is 11.7. The van der Waals surface area contributed by atoms with Crippen molar-refractivity contribution < 1.29 is 35.9 Å². The Balaban J connectivity index is 1.26. The van der Waals surface area contributed by atoms with Gasteiger partial charge in [0.2, 0.25) is 15.9 Å². The molecule has 0 unspecified atom stereocenters. The van der Waals surface area contributed by atoms with E-state index < -0.39 is 27.2 Å². The zero-order valence-corrected chi connectivity index (χ0v) is 24.9. The average Bonchev–Trinajstić information content (AvgIpc) is 3.52. The van der Waals surface area contributed by atoms with Gasteiger partial charge in [-0.25, -0.2) is 12.7 Å². The number of sulfonamides is 1. The standard InChI is InChI=1S/C30H37F3N4O5S/c1-41-27-17-42-10-8-26(27)35-24-12-23-16-37(43(39,40)18-20-5-3-2-4-6-20)19-29(23,13-24)28(38)36-9-7-25-21(15-36)11-22(14-34-25)30(31,32)33/h2-6,11,14,23-24,26-27,35H,7-10,12-13,15-19H2,1H3/t23-,24+,26-,27+,29-/m0/s1. The van der Waals surface area contributed by atoms with Crippen LogP contribution < -0.4 is 5.32 Å². The maximum Gasteiger partial charge on any atom is 0.417 e. The van der Waals surface area contributed by atoms with E-state index in [4.69, 9.17) is 9.47 Å². The van der Waals surface area contributed by atoms with Crippen LogP contribution >= 0.6 is 0 Å². The number of carbonyl (C=O) groups excluding carboxylic acids is 1. The molecular formula is C30H37F3N4O5S. The molecule has 0 radical (unpaired) electrons. The first kappa shape index (κ1) is 30.4. The fraction of sp³-hybridized carbons (Fsp3) is 0.600. The van der Waals surface area contributed by atoms with Crippen molar-refractivity contribution in [2.24, 2.45) is 11.3 Å². The number of hydrogen-bond donors (Lipinski definition) is 1. The third-order valence-corrected chi connectivity index (χ3v) is 11.3. The molecule has 1 amide bonds. The second-order valence-electron chi connectivity index (χ2n) is 12.2. The molecule has 1 saturated carbocycles. The Morgan fingerprint density at radius 3 is 2.79 bits per heavy atom. The van der Waals surface area contributed by atoms with Gasteiger partial charge < -0.3 is 19.7 Å². The number of halogens is 3. The summed E-state index contributed by atoms with van der Waals surface area (Å²) in [5.74, 6) is -0.588. The highest BCUT2D eigenvalue weighted by Gasteiger charge is 2.60. The number of methoxy groups -OCH3 is 1. The van der Waals surface area contributed by atoms with Crippen molar-refractivity contribution in [3.05, 3.63) is 65.0 Å². The van der Waals surface area contributed by atoms with Crippen LogP contribution in [0.2, 0.25) is 0 Å². The van der Waals surface area contributed by atoms with Crippen molar-refractivity contribution in [2.75, 3.05) is 40.0 Å². The minimum atomic E-state index is -4.54. The molecule has 1 aromatic heterocycles. The number of pyridine rings is 1. The van der Waals surface area contributed by atoms with E-state index in [-0.39, 0.29) is 55.4 Å². The molecule has 234 valence electrons. The van der Waals surface area contributed by atoms with Gasteiger partial charge in [-0.2, -0.15) is 13.2 Å². The summed E-state index contributed by atoms with van der Waals surface area (Å²) in [7, 11) is -2.07. The SMILES string of the molecule is CO[C@@H]1COCC[C@@H]1N[C@@H]1C[C@H]2CN(S(=O)(=O)Cc3ccccc3)C[C@@]2(C(=O)N2CCc3ncc(C(F)(F)F)cc3C2)C1. The number of fused-ring (bicyclic) bond motifs is 2. The molecule has 1 N–H and O–H groups in total. The Labute approximate surface area is 249 Å². The molecule has 13 heteroatoms. The van der Waals surface area contributed by atoms with Gasteiger partial charge in [-0.05, 0) is 42.4 Å². The highest BCUT2D eigenvalue weighted by molar-refractivity contribution is 7.88. The van der Waals surface area contributed by atoms with E-state index in [1.807, 2.05) is 6.07 Å². The van der Waals surface area contributed by atoms with Gasteiger partial charge in [0.25, 0.3) is 0 Å². The topological polar surface area (TPSA) is 101 Å². The number of hydrogen-bond acceptors (Lipinski definition) is 7. The Hall–Kier alpha value is -2.58. The lowest BCUT2D eigenvalue weighted by atomic mass is 9.78. The Morgan fingerprint density at radius 1 is 1.26 bits per heavy atom. The van der Waals surface area contributed by atoms with Crippen LogP contribution in [-0.4, -0.2) is 86.7 Å². The molecule has 5 atom stereocenters. The third kappa shape index (κ3) is 6.06. The predicted octanol–water partition coefficient (Wildman–Crippen LogP) is 2.99. The van der Waals surface area contributed by atoms with Crippen LogP contribution in [0.15, 0.2) is 42.6 Å². The maximum absolute atomic E-state index is 14.5. The molecule has 0 bridgehead atoms. The predicted molar refractivity (Wildman–Crippen MR) is 151 cm³/mol. The lowest BCUT2D eigenvalue weighted by molar-refractivity contribution is -0.143. The van der Waals surface area contributed by atoms with Crippen LogP contribution in [0.1, 0.15) is 41.6 Å². The molecule has 1 aromatic carbocycles. The molecule has 4 aliphatic rings. The van der Waals surface area contributed by atoms with Gasteiger partial charge in [-0.3, -0.25) is 9.78 Å². The Bertz CT molecular complexity index is 1440. The number of nitrogens with zero attached hydrogens (tertiary/aromatic N) is 3. The number of ether oxygens (including phenoxy) is 2. The normalized spacial score (nSPS) is 29.8. The summed E-state index contributed by atoms with van der Waals surface area (Å²) in [4.78, 5) is 20.1. The molecule has 1 aliphatic carbocycles. The van der Waals surface area contributed by atoms with Gasteiger partial charge in [0, 0.05) is 70.3 Å². The van der Waals surface area contributed by atoms with E-state index in [0.29, 0.717) is 55.8 Å². The van der Waals surface area contributed by atoms with E-state index in [1.165, 1.54) is 4.31 Å². The van der Waals surface area contributed by atoms with Gasteiger partial charge in [-0.15, -0.1) is 0 Å². The van der Waals surface area contributed by atoms with E-state index in [1.54, 1.807) is 36.3 Å². The first-order valence-electron chi connectivity index (χ1n) is 14.7. The summed E-state index contributed by atoms with van der Waals surface area (Å²) in [5.41, 5.74) is -0.218. The third-order valence-electron chi connectivity index (χ3n) is 9.57. The van der Waals surface area contributed by atoms with Crippen LogP contribution in [-0.2, 0) is 49.2 Å². The number of carbonyl (C=O) groups is 1. The molecule has 3 aliphatic heterocycles. The zero-order chi connectivity index (χ0) is 30.4. The van der Waals surface area contributed by atoms with Crippen molar-refractivity contribution >= 4 is 15.9 Å². The van der Waals surface area contributed by atoms with Crippen LogP contribution in [0, 0.1) is 11.3 Å². The quantitative estimate of drug-likeness (QED) is 0.507. The summed E-state index contributed by atoms with van der Waals surface area (Å²) in [6.07, 6.45) is -1.67. The minimum Gasteiger partial charge on any atom is -0.379 e. The lowest BCUT2D eigenvalue weighted by Gasteiger charge is -2.37. The molecule has 2 aromatic rings. The Kier molecular flexibility index (Phi) is 8.31.